The van der Waals surface area contributed by atoms with Gasteiger partial charge >= 0.3 is 12.0 Å². The fourth-order valence-corrected chi connectivity index (χ4v) is 0.999. The molecule has 1 aromatic heterocycles. The Morgan fingerprint density at radius 1 is 1.35 bits per heavy atom. The molecule has 0 unspecified atom stereocenters. The van der Waals surface area contributed by atoms with Crippen LogP contribution in [0.1, 0.15) is 17.7 Å². The molecule has 1 rings (SSSR count). The Morgan fingerprint density at radius 2 is 1.88 bits per heavy atom. The number of aromatic nitrogens is 1. The maximum absolute atomic E-state index is 12.8. The first-order valence-electron chi connectivity index (χ1n) is 3.84. The van der Waals surface area contributed by atoms with Crippen LogP contribution < -0.4 is 0 Å². The average Bonchev–Trinajstić information content (AvgIpc) is 2.14. The molecule has 94 valence electrons. The third kappa shape index (κ3) is 2.63. The maximum Gasteiger partial charge on any atom is 0.461 e. The standard InChI is InChI=1S/C7H2F6N2O2/c8-3-1-2(5(9)10)6(15(16)17)14-4(3)7(11,12)13/h1,5H. The van der Waals surface area contributed by atoms with E-state index in [4.69, 9.17) is 0 Å². The van der Waals surface area contributed by atoms with Crippen molar-refractivity contribution in [1.29, 1.82) is 0 Å². The highest BCUT2D eigenvalue weighted by molar-refractivity contribution is 5.36. The second kappa shape index (κ2) is 4.18. The van der Waals surface area contributed by atoms with Gasteiger partial charge in [0.15, 0.2) is 5.82 Å². The molecule has 0 saturated carbocycles. The van der Waals surface area contributed by atoms with Crippen LogP contribution in [0.5, 0.6) is 0 Å². The van der Waals surface area contributed by atoms with E-state index in [1.54, 1.807) is 0 Å². The summed E-state index contributed by atoms with van der Waals surface area (Å²) in [5, 5.41) is 10.2. The Morgan fingerprint density at radius 3 is 2.24 bits per heavy atom. The Balaban J connectivity index is 3.51. The number of nitro groups is 1. The van der Waals surface area contributed by atoms with E-state index in [1.807, 2.05) is 0 Å². The van der Waals surface area contributed by atoms with E-state index < -0.39 is 40.4 Å². The lowest BCUT2D eigenvalue weighted by Gasteiger charge is -2.06. The Labute approximate surface area is 89.0 Å². The molecule has 0 atom stereocenters. The zero-order chi connectivity index (χ0) is 13.4. The van der Waals surface area contributed by atoms with E-state index in [9.17, 15) is 36.5 Å². The van der Waals surface area contributed by atoms with Gasteiger partial charge in [0.05, 0.1) is 0 Å². The average molecular weight is 260 g/mol. The minimum Gasteiger partial charge on any atom is -0.358 e. The van der Waals surface area contributed by atoms with Crippen LogP contribution in [0.25, 0.3) is 0 Å². The molecule has 0 fully saturated rings. The van der Waals surface area contributed by atoms with E-state index >= 15 is 0 Å². The molecule has 0 spiro atoms. The Kier molecular flexibility index (Phi) is 3.25. The quantitative estimate of drug-likeness (QED) is 0.466. The SMILES string of the molecule is O=[N+]([O-])c1nc(C(F)(F)F)c(F)cc1C(F)F. The molecule has 4 nitrogen and oxygen atoms in total. The third-order valence-corrected chi connectivity index (χ3v) is 1.66. The van der Waals surface area contributed by atoms with Crippen molar-refractivity contribution in [2.75, 3.05) is 0 Å². The van der Waals surface area contributed by atoms with E-state index in [0.717, 1.165) is 0 Å². The molecule has 0 amide bonds. The van der Waals surface area contributed by atoms with Crippen LogP contribution in [-0.2, 0) is 6.18 Å². The van der Waals surface area contributed by atoms with Crippen molar-refractivity contribution in [1.82, 2.24) is 4.98 Å². The molecule has 1 heterocycles. The summed E-state index contributed by atoms with van der Waals surface area (Å²) in [6.45, 7) is 0. The number of hydrogen-bond donors (Lipinski definition) is 0. The van der Waals surface area contributed by atoms with Crippen LogP contribution >= 0.6 is 0 Å². The first kappa shape index (κ1) is 13.2. The molecule has 0 saturated heterocycles. The van der Waals surface area contributed by atoms with Crippen LogP contribution in [0.15, 0.2) is 6.07 Å². The number of pyridine rings is 1. The molecule has 0 aliphatic carbocycles. The molecule has 0 radical (unpaired) electrons. The number of nitrogens with zero attached hydrogens (tertiary/aromatic N) is 2. The minimum atomic E-state index is -5.30. The molecule has 1 aromatic rings. The number of halogens is 6. The summed E-state index contributed by atoms with van der Waals surface area (Å²) in [6, 6.07) is -0.237. The first-order valence-corrected chi connectivity index (χ1v) is 3.84. The van der Waals surface area contributed by atoms with Crippen molar-refractivity contribution in [3.8, 4) is 0 Å². The highest BCUT2D eigenvalue weighted by Crippen LogP contribution is 2.35. The van der Waals surface area contributed by atoms with Crippen molar-refractivity contribution in [3.63, 3.8) is 0 Å². The topological polar surface area (TPSA) is 56.0 Å². The molecule has 17 heavy (non-hydrogen) atoms. The second-order valence-corrected chi connectivity index (χ2v) is 2.79. The Bertz CT molecular complexity index is 458. The fourth-order valence-electron chi connectivity index (χ4n) is 0.999. The fraction of sp³-hybridized carbons (Fsp3) is 0.286. The first-order chi connectivity index (χ1) is 7.64. The van der Waals surface area contributed by atoms with Crippen LogP contribution in [0.4, 0.5) is 32.2 Å². The van der Waals surface area contributed by atoms with Gasteiger partial charge in [-0.1, -0.05) is 0 Å². The number of alkyl halides is 5. The molecular formula is C7H2F6N2O2. The lowest BCUT2D eigenvalue weighted by Crippen LogP contribution is -2.14. The van der Waals surface area contributed by atoms with Crippen LogP contribution in [0, 0.1) is 15.9 Å². The van der Waals surface area contributed by atoms with Crippen LogP contribution in [0.3, 0.4) is 0 Å². The summed E-state index contributed by atoms with van der Waals surface area (Å²) in [7, 11) is 0. The number of hydrogen-bond acceptors (Lipinski definition) is 3. The molecule has 0 aliphatic rings. The van der Waals surface area contributed by atoms with Crippen molar-refractivity contribution in [2.45, 2.75) is 12.6 Å². The molecule has 0 aromatic carbocycles. The summed E-state index contributed by atoms with van der Waals surface area (Å²) in [5.74, 6) is -3.80. The van der Waals surface area contributed by atoms with Gasteiger partial charge in [0.1, 0.15) is 5.56 Å². The molecule has 0 aliphatic heterocycles. The molecule has 0 bridgehead atoms. The minimum absolute atomic E-state index is 0.237. The van der Waals surface area contributed by atoms with Crippen molar-refractivity contribution in [2.24, 2.45) is 0 Å². The van der Waals surface area contributed by atoms with Crippen LogP contribution in [-0.4, -0.2) is 9.91 Å². The van der Waals surface area contributed by atoms with Gasteiger partial charge in [-0.2, -0.15) is 13.2 Å². The van der Waals surface area contributed by atoms with Gasteiger partial charge in [-0.3, -0.25) is 0 Å². The van der Waals surface area contributed by atoms with Crippen molar-refractivity contribution < 1.29 is 31.3 Å². The zero-order valence-electron chi connectivity index (χ0n) is 7.63. The summed E-state index contributed by atoms with van der Waals surface area (Å²) in [6.07, 6.45) is -8.80. The van der Waals surface area contributed by atoms with Crippen molar-refractivity contribution >= 4 is 5.82 Å². The largest absolute Gasteiger partial charge is 0.461 e. The van der Waals surface area contributed by atoms with Crippen molar-refractivity contribution in [3.05, 3.63) is 33.3 Å². The van der Waals surface area contributed by atoms with Gasteiger partial charge in [-0.15, -0.1) is 0 Å². The van der Waals surface area contributed by atoms with E-state index in [1.165, 1.54) is 0 Å². The highest BCUT2D eigenvalue weighted by Gasteiger charge is 2.43. The Hall–Kier alpha value is -1.87. The third-order valence-electron chi connectivity index (χ3n) is 1.66. The van der Waals surface area contributed by atoms with E-state index in [2.05, 4.69) is 4.98 Å². The highest BCUT2D eigenvalue weighted by atomic mass is 19.4. The predicted octanol–water partition coefficient (Wildman–Crippen LogP) is 3.09. The molecule has 10 heteroatoms. The lowest BCUT2D eigenvalue weighted by molar-refractivity contribution is -0.391. The molecule has 0 N–H and O–H groups in total. The van der Waals surface area contributed by atoms with Gasteiger partial charge in [-0.25, -0.2) is 13.2 Å². The van der Waals surface area contributed by atoms with E-state index in [0.29, 0.717) is 0 Å². The normalized spacial score (nSPS) is 11.9. The van der Waals surface area contributed by atoms with Gasteiger partial charge in [0.2, 0.25) is 0 Å². The van der Waals surface area contributed by atoms with Crippen LogP contribution in [0.2, 0.25) is 0 Å². The van der Waals surface area contributed by atoms with Gasteiger partial charge in [0, 0.05) is 0 Å². The molecular weight excluding hydrogens is 258 g/mol. The maximum atomic E-state index is 12.8. The van der Waals surface area contributed by atoms with Gasteiger partial charge in [0.25, 0.3) is 12.1 Å². The number of rotatable bonds is 2. The summed E-state index contributed by atoms with van der Waals surface area (Å²) >= 11 is 0. The van der Waals surface area contributed by atoms with Gasteiger partial charge in [-0.05, 0) is 16.0 Å². The monoisotopic (exact) mass is 260 g/mol. The lowest BCUT2D eigenvalue weighted by atomic mass is 10.2. The summed E-state index contributed by atoms with van der Waals surface area (Å²) in [4.78, 5) is 11.0. The second-order valence-electron chi connectivity index (χ2n) is 2.79. The van der Waals surface area contributed by atoms with Gasteiger partial charge < -0.3 is 10.1 Å². The summed E-state index contributed by atoms with van der Waals surface area (Å²) in [5.41, 5.74) is -3.70. The summed E-state index contributed by atoms with van der Waals surface area (Å²) < 4.78 is 73.6. The smallest absolute Gasteiger partial charge is 0.358 e. The van der Waals surface area contributed by atoms with E-state index in [-0.39, 0.29) is 6.07 Å². The zero-order valence-corrected chi connectivity index (χ0v) is 7.63. The predicted molar refractivity (Wildman–Crippen MR) is 40.8 cm³/mol.